The highest BCUT2D eigenvalue weighted by molar-refractivity contribution is 5.29. The van der Waals surface area contributed by atoms with Crippen molar-refractivity contribution in [1.29, 1.82) is 0 Å². The van der Waals surface area contributed by atoms with E-state index in [4.69, 9.17) is 4.74 Å². The summed E-state index contributed by atoms with van der Waals surface area (Å²) in [6.07, 6.45) is 2.48. The first-order valence-corrected chi connectivity index (χ1v) is 7.10. The number of benzene rings is 2. The molecule has 1 aliphatic carbocycles. The van der Waals surface area contributed by atoms with Crippen molar-refractivity contribution < 1.29 is 13.5 Å². The van der Waals surface area contributed by atoms with E-state index in [2.05, 4.69) is 5.32 Å². The number of rotatable bonds is 6. The Morgan fingerprint density at radius 1 is 1.05 bits per heavy atom. The second kappa shape index (κ2) is 6.22. The molecule has 1 aliphatic rings. The predicted octanol–water partition coefficient (Wildman–Crippen LogP) is 3.80. The summed E-state index contributed by atoms with van der Waals surface area (Å²) < 4.78 is 32.5. The highest BCUT2D eigenvalue weighted by Crippen LogP contribution is 2.21. The van der Waals surface area contributed by atoms with Crippen molar-refractivity contribution in [3.8, 4) is 5.75 Å². The minimum atomic E-state index is -0.582. The minimum Gasteiger partial charge on any atom is -0.489 e. The molecule has 110 valence electrons. The second-order valence-corrected chi connectivity index (χ2v) is 5.29. The van der Waals surface area contributed by atoms with Gasteiger partial charge in [-0.05, 0) is 42.7 Å². The van der Waals surface area contributed by atoms with Gasteiger partial charge in [0.1, 0.15) is 24.0 Å². The molecule has 0 aliphatic heterocycles. The van der Waals surface area contributed by atoms with Crippen LogP contribution >= 0.6 is 0 Å². The molecule has 21 heavy (non-hydrogen) atoms. The van der Waals surface area contributed by atoms with Gasteiger partial charge in [-0.2, -0.15) is 0 Å². The molecule has 0 aromatic heterocycles. The first-order valence-electron chi connectivity index (χ1n) is 7.10. The van der Waals surface area contributed by atoms with Crippen LogP contribution < -0.4 is 10.1 Å². The zero-order chi connectivity index (χ0) is 14.7. The van der Waals surface area contributed by atoms with Gasteiger partial charge in [0.25, 0.3) is 0 Å². The van der Waals surface area contributed by atoms with Crippen molar-refractivity contribution >= 4 is 0 Å². The Morgan fingerprint density at radius 2 is 1.76 bits per heavy atom. The molecular formula is C17H17F2NO. The van der Waals surface area contributed by atoms with E-state index in [9.17, 15) is 8.78 Å². The summed E-state index contributed by atoms with van der Waals surface area (Å²) >= 11 is 0. The summed E-state index contributed by atoms with van der Waals surface area (Å²) in [5.41, 5.74) is 1.06. The molecule has 1 N–H and O–H groups in total. The van der Waals surface area contributed by atoms with Gasteiger partial charge in [0.15, 0.2) is 0 Å². The lowest BCUT2D eigenvalue weighted by molar-refractivity contribution is 0.292. The highest BCUT2D eigenvalue weighted by atomic mass is 19.1. The average molecular weight is 289 g/mol. The van der Waals surface area contributed by atoms with Gasteiger partial charge in [-0.15, -0.1) is 0 Å². The Balaban J connectivity index is 1.63. The molecule has 0 spiro atoms. The van der Waals surface area contributed by atoms with Crippen LogP contribution in [-0.2, 0) is 13.2 Å². The van der Waals surface area contributed by atoms with Crippen LogP contribution in [0.1, 0.15) is 24.0 Å². The van der Waals surface area contributed by atoms with Crippen LogP contribution in [0.15, 0.2) is 42.5 Å². The molecule has 1 fully saturated rings. The van der Waals surface area contributed by atoms with Crippen molar-refractivity contribution in [3.63, 3.8) is 0 Å². The molecule has 2 aromatic rings. The van der Waals surface area contributed by atoms with E-state index in [0.717, 1.165) is 12.1 Å². The Bertz CT molecular complexity index is 606. The number of ether oxygens (including phenoxy) is 1. The smallest absolute Gasteiger partial charge is 0.132 e. The SMILES string of the molecule is Fc1cccc(F)c1COc1cccc(CNC2CC2)c1. The zero-order valence-electron chi connectivity index (χ0n) is 11.6. The van der Waals surface area contributed by atoms with Gasteiger partial charge in [-0.25, -0.2) is 8.78 Å². The number of halogens is 2. The maximum absolute atomic E-state index is 13.5. The lowest BCUT2D eigenvalue weighted by Crippen LogP contribution is -2.15. The van der Waals surface area contributed by atoms with E-state index in [0.29, 0.717) is 11.8 Å². The van der Waals surface area contributed by atoms with E-state index in [1.54, 1.807) is 6.07 Å². The van der Waals surface area contributed by atoms with Crippen LogP contribution in [0.4, 0.5) is 8.78 Å². The first-order chi connectivity index (χ1) is 10.2. The molecule has 0 amide bonds. The lowest BCUT2D eigenvalue weighted by Gasteiger charge is -2.10. The van der Waals surface area contributed by atoms with Crippen molar-refractivity contribution in [2.75, 3.05) is 0 Å². The van der Waals surface area contributed by atoms with Gasteiger partial charge in [0.2, 0.25) is 0 Å². The first kappa shape index (κ1) is 14.0. The third-order valence-electron chi connectivity index (χ3n) is 3.52. The number of hydrogen-bond donors (Lipinski definition) is 1. The monoisotopic (exact) mass is 289 g/mol. The second-order valence-electron chi connectivity index (χ2n) is 5.29. The van der Waals surface area contributed by atoms with Crippen LogP contribution in [0.3, 0.4) is 0 Å². The van der Waals surface area contributed by atoms with Gasteiger partial charge >= 0.3 is 0 Å². The third-order valence-corrected chi connectivity index (χ3v) is 3.52. The van der Waals surface area contributed by atoms with E-state index >= 15 is 0 Å². The Hall–Kier alpha value is -1.94. The summed E-state index contributed by atoms with van der Waals surface area (Å²) in [7, 11) is 0. The van der Waals surface area contributed by atoms with Crippen LogP contribution in [0, 0.1) is 11.6 Å². The van der Waals surface area contributed by atoms with E-state index < -0.39 is 11.6 Å². The normalized spacial score (nSPS) is 14.2. The Labute approximate surface area is 122 Å². The van der Waals surface area contributed by atoms with Crippen LogP contribution in [0.5, 0.6) is 5.75 Å². The van der Waals surface area contributed by atoms with Gasteiger partial charge in [-0.3, -0.25) is 0 Å². The van der Waals surface area contributed by atoms with E-state index in [1.807, 2.05) is 18.2 Å². The summed E-state index contributed by atoms with van der Waals surface area (Å²) in [4.78, 5) is 0. The third kappa shape index (κ3) is 3.79. The summed E-state index contributed by atoms with van der Waals surface area (Å²) in [5, 5.41) is 3.42. The molecule has 3 rings (SSSR count). The van der Waals surface area contributed by atoms with Crippen molar-refractivity contribution in [2.24, 2.45) is 0 Å². The molecule has 0 heterocycles. The van der Waals surface area contributed by atoms with E-state index in [-0.39, 0.29) is 12.2 Å². The van der Waals surface area contributed by atoms with Crippen LogP contribution in [0.2, 0.25) is 0 Å². The van der Waals surface area contributed by atoms with Crippen LogP contribution in [-0.4, -0.2) is 6.04 Å². The Morgan fingerprint density at radius 3 is 2.48 bits per heavy atom. The molecule has 0 bridgehead atoms. The maximum atomic E-state index is 13.5. The standard InChI is InChI=1S/C17H17F2NO/c18-16-5-2-6-17(19)15(16)11-21-14-4-1-3-12(9-14)10-20-13-7-8-13/h1-6,9,13,20H,7-8,10-11H2. The fourth-order valence-corrected chi connectivity index (χ4v) is 2.12. The minimum absolute atomic E-state index is 0.0426. The molecule has 2 aromatic carbocycles. The van der Waals surface area contributed by atoms with Crippen molar-refractivity contribution in [3.05, 3.63) is 65.2 Å². The lowest BCUT2D eigenvalue weighted by atomic mass is 10.2. The number of nitrogens with one attached hydrogen (secondary N) is 1. The fourth-order valence-electron chi connectivity index (χ4n) is 2.12. The van der Waals surface area contributed by atoms with Crippen molar-refractivity contribution in [2.45, 2.75) is 32.0 Å². The van der Waals surface area contributed by atoms with Gasteiger partial charge in [0, 0.05) is 12.6 Å². The summed E-state index contributed by atoms with van der Waals surface area (Å²) in [6.45, 7) is 0.675. The molecule has 0 unspecified atom stereocenters. The molecule has 0 saturated heterocycles. The van der Waals surface area contributed by atoms with Gasteiger partial charge < -0.3 is 10.1 Å². The molecule has 4 heteroatoms. The molecule has 0 atom stereocenters. The summed E-state index contributed by atoms with van der Waals surface area (Å²) in [6, 6.07) is 12.0. The fraction of sp³-hybridized carbons (Fsp3) is 0.294. The average Bonchev–Trinajstić information content (AvgIpc) is 3.29. The van der Waals surface area contributed by atoms with Gasteiger partial charge in [0.05, 0.1) is 5.56 Å². The zero-order valence-corrected chi connectivity index (χ0v) is 11.6. The number of hydrogen-bond acceptors (Lipinski definition) is 2. The topological polar surface area (TPSA) is 21.3 Å². The van der Waals surface area contributed by atoms with Crippen LogP contribution in [0.25, 0.3) is 0 Å². The summed E-state index contributed by atoms with van der Waals surface area (Å²) in [5.74, 6) is -0.546. The highest BCUT2D eigenvalue weighted by Gasteiger charge is 2.19. The molecule has 2 nitrogen and oxygen atoms in total. The molecule has 1 saturated carbocycles. The largest absolute Gasteiger partial charge is 0.489 e. The maximum Gasteiger partial charge on any atom is 0.132 e. The quantitative estimate of drug-likeness (QED) is 0.873. The predicted molar refractivity (Wildman–Crippen MR) is 77.0 cm³/mol. The molecular weight excluding hydrogens is 272 g/mol. The van der Waals surface area contributed by atoms with Crippen molar-refractivity contribution in [1.82, 2.24) is 5.32 Å². The van der Waals surface area contributed by atoms with E-state index in [1.165, 1.54) is 31.0 Å². The molecule has 0 radical (unpaired) electrons. The van der Waals surface area contributed by atoms with Gasteiger partial charge in [-0.1, -0.05) is 18.2 Å². The Kier molecular flexibility index (Phi) is 4.15.